The SMILES string of the molecule is C=C=COP(=O)(OC)OP(=O)(OC)OCC=C(C)CCC=C(C)CCC=C(C)C.O=P(O)(O)OP(=O)(O)O. The van der Waals surface area contributed by atoms with Gasteiger partial charge in [0.2, 0.25) is 0 Å². The van der Waals surface area contributed by atoms with Crippen molar-refractivity contribution in [3.8, 4) is 0 Å². The number of rotatable bonds is 17. The van der Waals surface area contributed by atoms with Gasteiger partial charge in [-0.1, -0.05) is 47.3 Å². The van der Waals surface area contributed by atoms with Gasteiger partial charge in [-0.05, 0) is 53.4 Å². The number of allylic oxidation sites excluding steroid dienone is 5. The molecule has 4 N–H and O–H groups in total. The van der Waals surface area contributed by atoms with Crippen molar-refractivity contribution in [2.24, 2.45) is 0 Å². The van der Waals surface area contributed by atoms with Gasteiger partial charge in [-0.2, -0.15) is 8.62 Å². The molecule has 0 aromatic carbocycles. The molecule has 0 spiro atoms. The molecule has 2 atom stereocenters. The third-order valence-electron chi connectivity index (χ3n) is 3.91. The topological polar surface area (TPSA) is 205 Å². The molecule has 0 rings (SSSR count). The molecule has 2 unspecified atom stereocenters. The summed E-state index contributed by atoms with van der Waals surface area (Å²) in [4.78, 5) is 31.0. The van der Waals surface area contributed by atoms with Crippen molar-refractivity contribution in [1.82, 2.24) is 0 Å². The second-order valence-electron chi connectivity index (χ2n) is 7.59. The monoisotopic (exact) mass is 626 g/mol. The summed E-state index contributed by atoms with van der Waals surface area (Å²) in [5.41, 5.74) is 5.99. The Balaban J connectivity index is 0. The molecular weight excluding hydrogens is 588 g/mol. The van der Waals surface area contributed by atoms with Crippen LogP contribution in [0.3, 0.4) is 0 Å². The van der Waals surface area contributed by atoms with Crippen molar-refractivity contribution in [3.63, 3.8) is 0 Å². The predicted octanol–water partition coefficient (Wildman–Crippen LogP) is 6.45. The maximum atomic E-state index is 12.5. The van der Waals surface area contributed by atoms with Gasteiger partial charge in [-0.3, -0.25) is 13.6 Å². The quantitative estimate of drug-likeness (QED) is 0.0593. The first kappa shape index (κ1) is 39.2. The number of hydrogen-bond donors (Lipinski definition) is 4. The van der Waals surface area contributed by atoms with E-state index in [1.807, 2.05) is 6.92 Å². The molecule has 0 saturated heterocycles. The molecule has 0 aromatic heterocycles. The zero-order chi connectivity index (χ0) is 30.0. The highest BCUT2D eigenvalue weighted by Gasteiger charge is 2.39. The molecule has 38 heavy (non-hydrogen) atoms. The Morgan fingerprint density at radius 1 is 0.763 bits per heavy atom. The molecular formula is C20H38O14P4. The number of hydrogen-bond acceptors (Lipinski definition) is 10. The lowest BCUT2D eigenvalue weighted by Crippen LogP contribution is -2.00. The van der Waals surface area contributed by atoms with Crippen LogP contribution in [-0.2, 0) is 45.0 Å². The molecule has 222 valence electrons. The summed E-state index contributed by atoms with van der Waals surface area (Å²) in [6, 6.07) is 0. The highest BCUT2D eigenvalue weighted by atomic mass is 31.3. The highest BCUT2D eigenvalue weighted by Crippen LogP contribution is 2.65. The third kappa shape index (κ3) is 24.2. The molecule has 14 nitrogen and oxygen atoms in total. The average molecular weight is 626 g/mol. The van der Waals surface area contributed by atoms with Crippen molar-refractivity contribution < 1.29 is 64.6 Å². The predicted molar refractivity (Wildman–Crippen MR) is 142 cm³/mol. The first-order valence-electron chi connectivity index (χ1n) is 10.8. The van der Waals surface area contributed by atoms with E-state index in [0.29, 0.717) is 0 Å². The van der Waals surface area contributed by atoms with E-state index in [-0.39, 0.29) is 6.61 Å². The minimum atomic E-state index is -5.05. The lowest BCUT2D eigenvalue weighted by Gasteiger charge is -2.19. The highest BCUT2D eigenvalue weighted by molar-refractivity contribution is 7.62. The Morgan fingerprint density at radius 2 is 1.24 bits per heavy atom. The molecule has 0 amide bonds. The molecule has 0 bridgehead atoms. The summed E-state index contributed by atoms with van der Waals surface area (Å²) < 4.78 is 71.0. The first-order valence-corrected chi connectivity index (χ1v) is 16.8. The zero-order valence-electron chi connectivity index (χ0n) is 22.2. The van der Waals surface area contributed by atoms with Gasteiger partial charge in [0.25, 0.3) is 0 Å². The van der Waals surface area contributed by atoms with E-state index >= 15 is 0 Å². The summed E-state index contributed by atoms with van der Waals surface area (Å²) in [5, 5.41) is 0. The van der Waals surface area contributed by atoms with Crippen LogP contribution >= 0.6 is 31.3 Å². The van der Waals surface area contributed by atoms with Gasteiger partial charge < -0.3 is 24.1 Å². The van der Waals surface area contributed by atoms with E-state index in [2.05, 4.69) is 54.1 Å². The van der Waals surface area contributed by atoms with E-state index in [0.717, 1.165) is 51.7 Å². The van der Waals surface area contributed by atoms with E-state index < -0.39 is 31.3 Å². The Labute approximate surface area is 223 Å². The summed E-state index contributed by atoms with van der Waals surface area (Å²) in [5.74, 6) is 0. The van der Waals surface area contributed by atoms with Crippen LogP contribution in [0.2, 0.25) is 0 Å². The number of phosphoric ester groups is 2. The molecule has 0 aliphatic heterocycles. The third-order valence-corrected chi connectivity index (χ3v) is 8.94. The van der Waals surface area contributed by atoms with Gasteiger partial charge in [0.1, 0.15) is 6.26 Å². The molecule has 0 aromatic rings. The van der Waals surface area contributed by atoms with Crippen LogP contribution in [0.25, 0.3) is 0 Å². The van der Waals surface area contributed by atoms with E-state index in [1.165, 1.54) is 11.1 Å². The van der Waals surface area contributed by atoms with Crippen LogP contribution < -0.4 is 0 Å². The van der Waals surface area contributed by atoms with Gasteiger partial charge in [-0.15, -0.1) is 0 Å². The minimum absolute atomic E-state index is 0.0404. The molecule has 0 radical (unpaired) electrons. The fourth-order valence-electron chi connectivity index (χ4n) is 2.18. The van der Waals surface area contributed by atoms with Gasteiger partial charge in [0, 0.05) is 14.2 Å². The van der Waals surface area contributed by atoms with E-state index in [9.17, 15) is 18.3 Å². The fraction of sp³-hybridized carbons (Fsp3) is 0.550. The van der Waals surface area contributed by atoms with Crippen LogP contribution in [0.5, 0.6) is 0 Å². The molecule has 18 heteroatoms. The van der Waals surface area contributed by atoms with Crippen molar-refractivity contribution in [1.29, 1.82) is 0 Å². The summed E-state index contributed by atoms with van der Waals surface area (Å²) in [7, 11) is -16.2. The molecule has 0 saturated carbocycles. The Hall–Kier alpha value is -0.900. The first-order chi connectivity index (χ1) is 17.3. The minimum Gasteiger partial charge on any atom is -0.403 e. The lowest BCUT2D eigenvalue weighted by molar-refractivity contribution is 0.157. The maximum Gasteiger partial charge on any atom is 0.538 e. The molecule has 0 aliphatic carbocycles. The largest absolute Gasteiger partial charge is 0.538 e. The fourth-order valence-corrected chi connectivity index (χ4v) is 5.79. The van der Waals surface area contributed by atoms with Crippen LogP contribution in [0, 0.1) is 0 Å². The van der Waals surface area contributed by atoms with Crippen molar-refractivity contribution in [3.05, 3.63) is 53.5 Å². The number of phosphoric acid groups is 4. The maximum absolute atomic E-state index is 12.5. The van der Waals surface area contributed by atoms with Gasteiger partial charge in [-0.25, -0.2) is 18.3 Å². The molecule has 0 aliphatic rings. The van der Waals surface area contributed by atoms with Gasteiger partial charge >= 0.3 is 31.3 Å². The second-order valence-corrected chi connectivity index (χ2v) is 13.8. The van der Waals surface area contributed by atoms with Crippen molar-refractivity contribution in [2.75, 3.05) is 20.8 Å². The van der Waals surface area contributed by atoms with Crippen LogP contribution in [0.1, 0.15) is 53.4 Å². The Kier molecular flexibility index (Phi) is 19.9. The second kappa shape index (κ2) is 19.2. The smallest absolute Gasteiger partial charge is 0.403 e. The summed E-state index contributed by atoms with van der Waals surface area (Å²) in [6.07, 6.45) is 10.9. The van der Waals surface area contributed by atoms with Crippen molar-refractivity contribution >= 4 is 31.3 Å². The zero-order valence-corrected chi connectivity index (χ0v) is 25.8. The van der Waals surface area contributed by atoms with Gasteiger partial charge in [0.05, 0.1) is 6.61 Å². The van der Waals surface area contributed by atoms with Crippen molar-refractivity contribution in [2.45, 2.75) is 53.4 Å². The van der Waals surface area contributed by atoms with Crippen LogP contribution in [0.15, 0.2) is 53.5 Å². The normalized spacial score (nSPS) is 15.7. The van der Waals surface area contributed by atoms with Gasteiger partial charge in [0.15, 0.2) is 0 Å². The standard InChI is InChI=1S/C20H34O7P2.H4O7P2/c1-8-16-25-28(21,23-6)27-29(22,24-7)26-17-15-20(5)14-10-13-19(4)12-9-11-18(2)3;1-8(2,3)7-9(4,5)6/h11,13,15-16H,1,9-10,12,14,17H2,2-7H3;(H2,1,2,3)(H2,4,5,6). The molecule has 0 heterocycles. The Morgan fingerprint density at radius 3 is 1.63 bits per heavy atom. The molecule has 0 fully saturated rings. The average Bonchev–Trinajstić information content (AvgIpc) is 2.75. The summed E-state index contributed by atoms with van der Waals surface area (Å²) in [6.45, 7) is 11.5. The summed E-state index contributed by atoms with van der Waals surface area (Å²) >= 11 is 0. The van der Waals surface area contributed by atoms with E-state index in [1.54, 1.807) is 6.08 Å². The lowest BCUT2D eigenvalue weighted by atomic mass is 10.1. The Bertz CT molecular complexity index is 1020. The van der Waals surface area contributed by atoms with E-state index in [4.69, 9.17) is 37.5 Å². The van der Waals surface area contributed by atoms with Crippen LogP contribution in [-0.4, -0.2) is 40.4 Å². The van der Waals surface area contributed by atoms with Crippen LogP contribution in [0.4, 0.5) is 0 Å².